The number of piperidine rings is 1. The van der Waals surface area contributed by atoms with Crippen LogP contribution in [0, 0.1) is 5.92 Å². The van der Waals surface area contributed by atoms with E-state index >= 15 is 0 Å². The number of unbranched alkanes of at least 4 members (excludes halogenated alkanes) is 2. The number of pyridine rings is 1. The maximum absolute atomic E-state index is 12.3. The fourth-order valence-corrected chi connectivity index (χ4v) is 3.78. The van der Waals surface area contributed by atoms with Crippen LogP contribution in [-0.2, 0) is 11.3 Å². The van der Waals surface area contributed by atoms with Gasteiger partial charge in [0.15, 0.2) is 0 Å². The fraction of sp³-hybridized carbons (Fsp3) is 0.647. The summed E-state index contributed by atoms with van der Waals surface area (Å²) in [5.74, 6) is 1.07. The van der Waals surface area contributed by atoms with Gasteiger partial charge in [-0.25, -0.2) is 0 Å². The van der Waals surface area contributed by atoms with Gasteiger partial charge in [-0.15, -0.1) is 0 Å². The Morgan fingerprint density at radius 3 is 2.90 bits per heavy atom. The van der Waals surface area contributed by atoms with E-state index in [1.807, 2.05) is 21.6 Å². The summed E-state index contributed by atoms with van der Waals surface area (Å²) in [6.07, 6.45) is 5.06. The molecule has 2 aliphatic rings. The Morgan fingerprint density at radius 2 is 2.10 bits per heavy atom. The molecule has 3 heterocycles. The van der Waals surface area contributed by atoms with E-state index in [1.165, 1.54) is 0 Å². The van der Waals surface area contributed by atoms with Gasteiger partial charge in [0.05, 0.1) is 0 Å². The van der Waals surface area contributed by atoms with Gasteiger partial charge in [0, 0.05) is 43.7 Å². The second-order valence-corrected chi connectivity index (χ2v) is 6.45. The molecule has 2 atom stereocenters. The first-order valence-corrected chi connectivity index (χ1v) is 8.16. The first-order chi connectivity index (χ1) is 10.2. The number of hydrogen-bond acceptors (Lipinski definition) is 2. The van der Waals surface area contributed by atoms with Crippen LogP contribution in [0.15, 0.2) is 23.0 Å². The Kier molecular flexibility index (Phi) is 4.13. The van der Waals surface area contributed by atoms with Crippen molar-refractivity contribution in [3.8, 4) is 0 Å². The molecule has 2 aliphatic heterocycles. The Balaban J connectivity index is 1.73. The van der Waals surface area contributed by atoms with Crippen molar-refractivity contribution < 1.29 is 4.79 Å². The molecule has 1 aromatic rings. The molecule has 1 amide bonds. The molecular formula is C17H24N2O2. The van der Waals surface area contributed by atoms with Crippen molar-refractivity contribution in [2.75, 3.05) is 13.1 Å². The van der Waals surface area contributed by atoms with Gasteiger partial charge in [0.1, 0.15) is 0 Å². The van der Waals surface area contributed by atoms with Gasteiger partial charge in [-0.2, -0.15) is 0 Å². The number of aromatic nitrogens is 1. The molecule has 0 spiro atoms. The fourth-order valence-electron chi connectivity index (χ4n) is 3.78. The lowest BCUT2D eigenvalue weighted by Gasteiger charge is -2.42. The molecule has 114 valence electrons. The smallest absolute Gasteiger partial charge is 0.250 e. The average molecular weight is 288 g/mol. The van der Waals surface area contributed by atoms with E-state index < -0.39 is 0 Å². The van der Waals surface area contributed by atoms with E-state index in [0.717, 1.165) is 51.0 Å². The summed E-state index contributed by atoms with van der Waals surface area (Å²) in [5.41, 5.74) is 1.22. The van der Waals surface area contributed by atoms with E-state index in [9.17, 15) is 9.59 Å². The summed E-state index contributed by atoms with van der Waals surface area (Å²) in [6, 6.07) is 5.53. The number of carbonyl (C=O) groups excluding carboxylic acids is 1. The van der Waals surface area contributed by atoms with Crippen LogP contribution < -0.4 is 5.56 Å². The van der Waals surface area contributed by atoms with Gasteiger partial charge in [0.25, 0.3) is 5.56 Å². The Hall–Kier alpha value is -1.58. The van der Waals surface area contributed by atoms with E-state index in [0.29, 0.717) is 24.2 Å². The molecule has 0 saturated carbocycles. The third-order valence-electron chi connectivity index (χ3n) is 4.83. The lowest BCUT2D eigenvalue weighted by Crippen LogP contribution is -2.49. The highest BCUT2D eigenvalue weighted by Gasteiger charge is 2.35. The number of fused-ring (bicyclic) bond motifs is 4. The minimum Gasteiger partial charge on any atom is -0.342 e. The lowest BCUT2D eigenvalue weighted by atomic mass is 9.83. The molecule has 4 heteroatoms. The zero-order chi connectivity index (χ0) is 14.8. The number of rotatable bonds is 4. The molecule has 4 nitrogen and oxygen atoms in total. The van der Waals surface area contributed by atoms with Crippen molar-refractivity contribution >= 4 is 5.91 Å². The second-order valence-electron chi connectivity index (χ2n) is 6.45. The zero-order valence-electron chi connectivity index (χ0n) is 12.8. The van der Waals surface area contributed by atoms with Crippen molar-refractivity contribution in [3.63, 3.8) is 0 Å². The van der Waals surface area contributed by atoms with E-state index in [4.69, 9.17) is 0 Å². The average Bonchev–Trinajstić information content (AvgIpc) is 2.48. The van der Waals surface area contributed by atoms with Crippen molar-refractivity contribution in [1.82, 2.24) is 9.47 Å². The monoisotopic (exact) mass is 288 g/mol. The Bertz CT molecular complexity index is 578. The largest absolute Gasteiger partial charge is 0.342 e. The zero-order valence-corrected chi connectivity index (χ0v) is 12.8. The first kappa shape index (κ1) is 14.4. The topological polar surface area (TPSA) is 42.3 Å². The van der Waals surface area contributed by atoms with Crippen LogP contribution in [0.25, 0.3) is 0 Å². The summed E-state index contributed by atoms with van der Waals surface area (Å²) < 4.78 is 1.91. The van der Waals surface area contributed by atoms with Gasteiger partial charge in [-0.1, -0.05) is 25.8 Å². The summed E-state index contributed by atoms with van der Waals surface area (Å²) in [7, 11) is 0. The summed E-state index contributed by atoms with van der Waals surface area (Å²) in [4.78, 5) is 26.3. The number of amides is 1. The van der Waals surface area contributed by atoms with Crippen LogP contribution in [0.3, 0.4) is 0 Å². The predicted molar refractivity (Wildman–Crippen MR) is 82.3 cm³/mol. The van der Waals surface area contributed by atoms with E-state index in [-0.39, 0.29) is 5.56 Å². The highest BCUT2D eigenvalue weighted by atomic mass is 16.2. The molecule has 0 aliphatic carbocycles. The molecular weight excluding hydrogens is 264 g/mol. The number of hydrogen-bond donors (Lipinski definition) is 0. The molecule has 3 rings (SSSR count). The standard InChI is InChI=1S/C17H24N2O2/c1-2-3-4-7-16(20)18-10-13-9-14(12-18)15-6-5-8-17(21)19(15)11-13/h5-6,8,13-14H,2-4,7,9-12H2,1H3/t13-,14+/m0/s1. The maximum atomic E-state index is 12.3. The van der Waals surface area contributed by atoms with Crippen LogP contribution in [0.2, 0.25) is 0 Å². The van der Waals surface area contributed by atoms with Crippen molar-refractivity contribution in [1.29, 1.82) is 0 Å². The van der Waals surface area contributed by atoms with Crippen LogP contribution in [0.1, 0.15) is 50.6 Å². The number of likely N-dealkylation sites (tertiary alicyclic amines) is 1. The third kappa shape index (κ3) is 2.89. The summed E-state index contributed by atoms with van der Waals surface area (Å²) in [6.45, 7) is 4.53. The molecule has 1 fully saturated rings. The normalized spacial score (nSPS) is 23.8. The summed E-state index contributed by atoms with van der Waals surface area (Å²) >= 11 is 0. The maximum Gasteiger partial charge on any atom is 0.250 e. The van der Waals surface area contributed by atoms with Gasteiger partial charge < -0.3 is 9.47 Å². The molecule has 1 saturated heterocycles. The van der Waals surface area contributed by atoms with Gasteiger partial charge in [-0.3, -0.25) is 9.59 Å². The molecule has 0 unspecified atom stereocenters. The molecule has 0 N–H and O–H groups in total. The van der Waals surface area contributed by atoms with E-state index in [1.54, 1.807) is 6.07 Å². The highest BCUT2D eigenvalue weighted by molar-refractivity contribution is 5.76. The second kappa shape index (κ2) is 6.04. The number of carbonyl (C=O) groups is 1. The van der Waals surface area contributed by atoms with Crippen molar-refractivity contribution in [2.45, 2.75) is 51.5 Å². The SMILES string of the molecule is CCCCCC(=O)N1C[C@@H]2C[C@H](C1)c1cccc(=O)n1C2. The predicted octanol–water partition coefficient (Wildman–Crippen LogP) is 2.37. The van der Waals surface area contributed by atoms with Gasteiger partial charge in [-0.05, 0) is 24.8 Å². The van der Waals surface area contributed by atoms with Crippen LogP contribution in [-0.4, -0.2) is 28.5 Å². The quantitative estimate of drug-likeness (QED) is 0.798. The lowest BCUT2D eigenvalue weighted by molar-refractivity contribution is -0.134. The van der Waals surface area contributed by atoms with Crippen molar-refractivity contribution in [3.05, 3.63) is 34.2 Å². The van der Waals surface area contributed by atoms with Gasteiger partial charge in [0.2, 0.25) is 5.91 Å². The van der Waals surface area contributed by atoms with Gasteiger partial charge >= 0.3 is 0 Å². The van der Waals surface area contributed by atoms with E-state index in [2.05, 4.69) is 6.92 Å². The van der Waals surface area contributed by atoms with Crippen LogP contribution >= 0.6 is 0 Å². The van der Waals surface area contributed by atoms with Crippen LogP contribution in [0.4, 0.5) is 0 Å². The number of nitrogens with zero attached hydrogens (tertiary/aromatic N) is 2. The molecule has 21 heavy (non-hydrogen) atoms. The Labute approximate surface area is 125 Å². The summed E-state index contributed by atoms with van der Waals surface area (Å²) in [5, 5.41) is 0. The molecule has 0 aromatic carbocycles. The Morgan fingerprint density at radius 1 is 1.24 bits per heavy atom. The minimum absolute atomic E-state index is 0.102. The first-order valence-electron chi connectivity index (χ1n) is 8.16. The third-order valence-corrected chi connectivity index (χ3v) is 4.83. The van der Waals surface area contributed by atoms with Crippen LogP contribution in [0.5, 0.6) is 0 Å². The van der Waals surface area contributed by atoms with Crippen molar-refractivity contribution in [2.24, 2.45) is 5.92 Å². The minimum atomic E-state index is 0.102. The molecule has 2 bridgehead atoms. The highest BCUT2D eigenvalue weighted by Crippen LogP contribution is 2.35. The molecule has 1 aromatic heterocycles. The molecule has 0 radical (unpaired) electrons.